The van der Waals surface area contributed by atoms with Gasteiger partial charge < -0.3 is 19.5 Å². The summed E-state index contributed by atoms with van der Waals surface area (Å²) in [5.74, 6) is 2.42. The molecule has 0 fully saturated rings. The van der Waals surface area contributed by atoms with E-state index in [1.165, 1.54) is 0 Å². The van der Waals surface area contributed by atoms with Gasteiger partial charge in [0.1, 0.15) is 12.4 Å². The molecule has 32 heavy (non-hydrogen) atoms. The number of nitriles is 1. The van der Waals surface area contributed by atoms with Crippen molar-refractivity contribution in [1.82, 2.24) is 9.97 Å². The number of ketones is 1. The Hall–Kier alpha value is -4.12. The van der Waals surface area contributed by atoms with E-state index in [4.69, 9.17) is 14.2 Å². The molecule has 0 atom stereocenters. The number of hydrogen-bond acceptors (Lipinski definition) is 8. The Bertz CT molecular complexity index is 1240. The third-order valence-corrected chi connectivity index (χ3v) is 5.37. The average molecular weight is 428 g/mol. The van der Waals surface area contributed by atoms with Crippen molar-refractivity contribution in [3.8, 4) is 23.3 Å². The predicted octanol–water partition coefficient (Wildman–Crippen LogP) is 4.31. The first-order valence-electron chi connectivity index (χ1n) is 10.4. The molecule has 0 saturated heterocycles. The Morgan fingerprint density at radius 1 is 1.09 bits per heavy atom. The number of ether oxygens (including phenoxy) is 3. The minimum absolute atomic E-state index is 0.0923. The maximum atomic E-state index is 12.2. The van der Waals surface area contributed by atoms with Crippen LogP contribution in [0.4, 0.5) is 11.6 Å². The van der Waals surface area contributed by atoms with E-state index in [1.807, 2.05) is 18.2 Å². The summed E-state index contributed by atoms with van der Waals surface area (Å²) in [4.78, 5) is 21.0. The van der Waals surface area contributed by atoms with Gasteiger partial charge in [0.25, 0.3) is 0 Å². The zero-order valence-electron chi connectivity index (χ0n) is 17.3. The summed E-state index contributed by atoms with van der Waals surface area (Å²) < 4.78 is 16.7. The number of nitrogens with zero attached hydrogens (tertiary/aromatic N) is 3. The van der Waals surface area contributed by atoms with Crippen LogP contribution in [-0.2, 0) is 13.0 Å². The van der Waals surface area contributed by atoms with Crippen LogP contribution in [0, 0.1) is 11.3 Å². The number of aromatic nitrogens is 2. The van der Waals surface area contributed by atoms with E-state index in [0.717, 1.165) is 30.5 Å². The second-order valence-electron chi connectivity index (χ2n) is 7.64. The molecule has 0 radical (unpaired) electrons. The third-order valence-electron chi connectivity index (χ3n) is 5.37. The standard InChI is InChI=1S/C24H20N4O4/c25-11-16-7-17(27-24-26-12-19-20(28-24)3-1-2-4-21(19)29)10-18(8-16)30-13-15-5-6-22-23(9-15)32-14-31-22/h5-10,12H,1-4,13-14H2,(H,26,27,28). The Kier molecular flexibility index (Phi) is 5.30. The van der Waals surface area contributed by atoms with Crippen LogP contribution in [0.15, 0.2) is 42.6 Å². The fourth-order valence-corrected chi connectivity index (χ4v) is 3.76. The molecule has 8 nitrogen and oxygen atoms in total. The molecular weight excluding hydrogens is 408 g/mol. The molecule has 2 aromatic carbocycles. The van der Waals surface area contributed by atoms with Crippen molar-refractivity contribution in [1.29, 1.82) is 5.26 Å². The van der Waals surface area contributed by atoms with Crippen molar-refractivity contribution in [3.63, 3.8) is 0 Å². The van der Waals surface area contributed by atoms with Crippen LogP contribution in [0.2, 0.25) is 0 Å². The SMILES string of the molecule is N#Cc1cc(Nc2ncc3c(n2)CCCCC3=O)cc(OCc2ccc3c(c2)OCO3)c1. The van der Waals surface area contributed by atoms with Crippen molar-refractivity contribution in [2.24, 2.45) is 0 Å². The summed E-state index contributed by atoms with van der Waals surface area (Å²) in [7, 11) is 0. The number of rotatable bonds is 5. The van der Waals surface area contributed by atoms with E-state index < -0.39 is 0 Å². The number of carbonyl (C=O) groups excluding carboxylic acids is 1. The molecule has 2 heterocycles. The van der Waals surface area contributed by atoms with Gasteiger partial charge in [-0.3, -0.25) is 4.79 Å². The van der Waals surface area contributed by atoms with E-state index in [9.17, 15) is 10.1 Å². The topological polar surface area (TPSA) is 106 Å². The van der Waals surface area contributed by atoms with Gasteiger partial charge in [-0.25, -0.2) is 9.97 Å². The molecule has 0 amide bonds. The van der Waals surface area contributed by atoms with E-state index in [-0.39, 0.29) is 12.6 Å². The molecule has 8 heteroatoms. The minimum atomic E-state index is 0.0923. The quantitative estimate of drug-likeness (QED) is 0.599. The van der Waals surface area contributed by atoms with E-state index in [2.05, 4.69) is 21.4 Å². The summed E-state index contributed by atoms with van der Waals surface area (Å²) in [5, 5.41) is 12.6. The number of fused-ring (bicyclic) bond motifs is 2. The predicted molar refractivity (Wildman–Crippen MR) is 115 cm³/mol. The van der Waals surface area contributed by atoms with Crippen molar-refractivity contribution < 1.29 is 19.0 Å². The molecule has 2 aliphatic rings. The van der Waals surface area contributed by atoms with Crippen LogP contribution in [0.5, 0.6) is 17.2 Å². The highest BCUT2D eigenvalue weighted by Crippen LogP contribution is 2.33. The number of anilines is 2. The maximum absolute atomic E-state index is 12.2. The first kappa shape index (κ1) is 19.8. The number of nitrogens with one attached hydrogen (secondary N) is 1. The van der Waals surface area contributed by atoms with Gasteiger partial charge in [0, 0.05) is 24.4 Å². The summed E-state index contributed by atoms with van der Waals surface area (Å²) >= 11 is 0. The second-order valence-corrected chi connectivity index (χ2v) is 7.64. The monoisotopic (exact) mass is 428 g/mol. The lowest BCUT2D eigenvalue weighted by Crippen LogP contribution is -2.07. The van der Waals surface area contributed by atoms with Gasteiger partial charge in [0.05, 0.1) is 22.9 Å². The largest absolute Gasteiger partial charge is 0.489 e. The molecule has 1 aliphatic heterocycles. The normalized spacial score (nSPS) is 14.3. The smallest absolute Gasteiger partial charge is 0.231 e. The van der Waals surface area contributed by atoms with Gasteiger partial charge in [0.2, 0.25) is 12.7 Å². The lowest BCUT2D eigenvalue weighted by molar-refractivity contribution is 0.0981. The van der Waals surface area contributed by atoms with Gasteiger partial charge in [-0.05, 0) is 49.1 Å². The summed E-state index contributed by atoms with van der Waals surface area (Å²) in [6.07, 6.45) is 4.67. The summed E-state index contributed by atoms with van der Waals surface area (Å²) in [6, 6.07) is 12.9. The molecule has 0 spiro atoms. The van der Waals surface area contributed by atoms with Gasteiger partial charge >= 0.3 is 0 Å². The van der Waals surface area contributed by atoms with E-state index in [0.29, 0.717) is 53.0 Å². The highest BCUT2D eigenvalue weighted by atomic mass is 16.7. The van der Waals surface area contributed by atoms with E-state index >= 15 is 0 Å². The molecule has 0 saturated carbocycles. The Balaban J connectivity index is 1.34. The van der Waals surface area contributed by atoms with Gasteiger partial charge in [-0.2, -0.15) is 5.26 Å². The van der Waals surface area contributed by atoms with Crippen LogP contribution in [0.1, 0.15) is 46.4 Å². The molecular formula is C24H20N4O4. The van der Waals surface area contributed by atoms with Crippen molar-refractivity contribution >= 4 is 17.4 Å². The lowest BCUT2D eigenvalue weighted by Gasteiger charge is -2.12. The summed E-state index contributed by atoms with van der Waals surface area (Å²) in [6.45, 7) is 0.528. The van der Waals surface area contributed by atoms with Crippen LogP contribution in [0.25, 0.3) is 0 Å². The molecule has 0 bridgehead atoms. The van der Waals surface area contributed by atoms with Crippen LogP contribution >= 0.6 is 0 Å². The molecule has 1 aromatic heterocycles. The van der Waals surface area contributed by atoms with Gasteiger partial charge in [-0.1, -0.05) is 6.07 Å². The maximum Gasteiger partial charge on any atom is 0.231 e. The molecule has 160 valence electrons. The van der Waals surface area contributed by atoms with E-state index in [1.54, 1.807) is 24.4 Å². The Morgan fingerprint density at radius 2 is 1.97 bits per heavy atom. The number of hydrogen-bond donors (Lipinski definition) is 1. The molecule has 5 rings (SSSR count). The Morgan fingerprint density at radius 3 is 2.88 bits per heavy atom. The molecule has 1 aliphatic carbocycles. The average Bonchev–Trinajstić information content (AvgIpc) is 3.20. The fraction of sp³-hybridized carbons (Fsp3) is 0.250. The zero-order valence-corrected chi connectivity index (χ0v) is 17.3. The summed E-state index contributed by atoms with van der Waals surface area (Å²) in [5.41, 5.74) is 3.36. The first-order chi connectivity index (χ1) is 15.7. The van der Waals surface area contributed by atoms with Crippen LogP contribution < -0.4 is 19.5 Å². The van der Waals surface area contributed by atoms with Crippen molar-refractivity contribution in [2.75, 3.05) is 12.1 Å². The number of carbonyl (C=O) groups is 1. The molecule has 0 unspecified atom stereocenters. The fourth-order valence-electron chi connectivity index (χ4n) is 3.76. The van der Waals surface area contributed by atoms with Crippen molar-refractivity contribution in [3.05, 3.63) is 65.0 Å². The highest BCUT2D eigenvalue weighted by molar-refractivity contribution is 5.97. The number of benzene rings is 2. The zero-order chi connectivity index (χ0) is 21.9. The van der Waals surface area contributed by atoms with Crippen LogP contribution in [-0.4, -0.2) is 22.5 Å². The van der Waals surface area contributed by atoms with Gasteiger partial charge in [-0.15, -0.1) is 0 Å². The lowest BCUT2D eigenvalue weighted by atomic mass is 10.1. The Labute approximate surface area is 184 Å². The molecule has 3 aromatic rings. The second kappa shape index (κ2) is 8.55. The van der Waals surface area contributed by atoms with Crippen molar-refractivity contribution in [2.45, 2.75) is 32.3 Å². The third kappa shape index (κ3) is 4.18. The van der Waals surface area contributed by atoms with Crippen LogP contribution in [0.3, 0.4) is 0 Å². The highest BCUT2D eigenvalue weighted by Gasteiger charge is 2.18. The van der Waals surface area contributed by atoms with Gasteiger partial charge in [0.15, 0.2) is 17.3 Å². The minimum Gasteiger partial charge on any atom is -0.489 e. The number of aryl methyl sites for hydroxylation is 1. The molecule has 1 N–H and O–H groups in total. The first-order valence-corrected chi connectivity index (χ1v) is 10.4. The number of Topliss-reactive ketones (excluding diaryl/α,β-unsaturated/α-hetero) is 1.